The van der Waals surface area contributed by atoms with Crippen LogP contribution >= 0.6 is 11.3 Å². The van der Waals surface area contributed by atoms with Crippen LogP contribution in [0.3, 0.4) is 0 Å². The fourth-order valence-corrected chi connectivity index (χ4v) is 3.93. The zero-order valence-corrected chi connectivity index (χ0v) is 13.6. The summed E-state index contributed by atoms with van der Waals surface area (Å²) in [6.45, 7) is 7.79. The number of aromatic nitrogens is 1. The third-order valence-corrected chi connectivity index (χ3v) is 5.20. The number of anilines is 1. The highest BCUT2D eigenvalue weighted by atomic mass is 32.1. The molecule has 0 spiro atoms. The van der Waals surface area contributed by atoms with Gasteiger partial charge >= 0.3 is 0 Å². The van der Waals surface area contributed by atoms with E-state index in [0.717, 1.165) is 25.0 Å². The molecule has 20 heavy (non-hydrogen) atoms. The summed E-state index contributed by atoms with van der Waals surface area (Å²) >= 11 is 1.95. The van der Waals surface area contributed by atoms with E-state index in [1.165, 1.54) is 60.8 Å². The standard InChI is InChI=1S/C16H27N3S/c1-3-9-17-11-14-15(12-5-6-12)18-16(20-14)19(10-4-2)13-7-8-13/h12-13,17H,3-11H2,1-2H3. The maximum Gasteiger partial charge on any atom is 0.186 e. The first-order chi connectivity index (χ1) is 9.83. The lowest BCUT2D eigenvalue weighted by Crippen LogP contribution is -2.26. The quantitative estimate of drug-likeness (QED) is 0.700. The van der Waals surface area contributed by atoms with Crippen LogP contribution in [0.1, 0.15) is 68.9 Å². The van der Waals surface area contributed by atoms with E-state index in [9.17, 15) is 0 Å². The minimum absolute atomic E-state index is 0.765. The van der Waals surface area contributed by atoms with Gasteiger partial charge in [-0.15, -0.1) is 11.3 Å². The largest absolute Gasteiger partial charge is 0.345 e. The molecule has 0 unspecified atom stereocenters. The number of hydrogen-bond acceptors (Lipinski definition) is 4. The van der Waals surface area contributed by atoms with Crippen LogP contribution in [0, 0.1) is 0 Å². The summed E-state index contributed by atoms with van der Waals surface area (Å²) in [7, 11) is 0. The lowest BCUT2D eigenvalue weighted by molar-refractivity contribution is 0.676. The van der Waals surface area contributed by atoms with Crippen LogP contribution < -0.4 is 10.2 Å². The summed E-state index contributed by atoms with van der Waals surface area (Å²) in [6, 6.07) is 0.782. The fourth-order valence-electron chi connectivity index (χ4n) is 2.72. The summed E-state index contributed by atoms with van der Waals surface area (Å²) in [5.74, 6) is 0.765. The van der Waals surface area contributed by atoms with Gasteiger partial charge in [0.1, 0.15) is 0 Å². The highest BCUT2D eigenvalue weighted by Crippen LogP contribution is 2.45. The van der Waals surface area contributed by atoms with Gasteiger partial charge in [-0.25, -0.2) is 4.98 Å². The van der Waals surface area contributed by atoms with Gasteiger partial charge in [0.05, 0.1) is 5.69 Å². The molecule has 0 atom stereocenters. The zero-order chi connectivity index (χ0) is 13.9. The van der Waals surface area contributed by atoms with Crippen molar-refractivity contribution < 1.29 is 0 Å². The van der Waals surface area contributed by atoms with Crippen molar-refractivity contribution in [2.45, 2.75) is 70.9 Å². The Morgan fingerprint density at radius 3 is 2.60 bits per heavy atom. The van der Waals surface area contributed by atoms with E-state index in [-0.39, 0.29) is 0 Å². The molecule has 3 rings (SSSR count). The Labute approximate surface area is 126 Å². The Hall–Kier alpha value is -0.610. The molecule has 2 fully saturated rings. The molecule has 4 heteroatoms. The predicted molar refractivity (Wildman–Crippen MR) is 86.7 cm³/mol. The number of nitrogens with one attached hydrogen (secondary N) is 1. The van der Waals surface area contributed by atoms with E-state index >= 15 is 0 Å². The highest BCUT2D eigenvalue weighted by molar-refractivity contribution is 7.15. The van der Waals surface area contributed by atoms with Crippen molar-refractivity contribution >= 4 is 16.5 Å². The van der Waals surface area contributed by atoms with Crippen LogP contribution in [0.4, 0.5) is 5.13 Å². The van der Waals surface area contributed by atoms with Gasteiger partial charge in [0.2, 0.25) is 0 Å². The first-order valence-electron chi connectivity index (χ1n) is 8.30. The van der Waals surface area contributed by atoms with Gasteiger partial charge in [-0.2, -0.15) is 0 Å². The summed E-state index contributed by atoms with van der Waals surface area (Å²) < 4.78 is 0. The third kappa shape index (κ3) is 3.34. The summed E-state index contributed by atoms with van der Waals surface area (Å²) in [5.41, 5.74) is 1.41. The summed E-state index contributed by atoms with van der Waals surface area (Å²) in [5, 5.41) is 4.85. The van der Waals surface area contributed by atoms with E-state index in [1.54, 1.807) is 0 Å². The molecular formula is C16H27N3S. The van der Waals surface area contributed by atoms with Gasteiger partial charge in [0.15, 0.2) is 5.13 Å². The molecule has 1 N–H and O–H groups in total. The summed E-state index contributed by atoms with van der Waals surface area (Å²) in [4.78, 5) is 9.10. The second-order valence-corrected chi connectivity index (χ2v) is 7.24. The molecule has 2 aliphatic rings. The molecule has 0 radical (unpaired) electrons. The Bertz CT molecular complexity index is 435. The van der Waals surface area contributed by atoms with E-state index in [0.29, 0.717) is 0 Å². The molecule has 2 saturated carbocycles. The number of hydrogen-bond donors (Lipinski definition) is 1. The SMILES string of the molecule is CCCNCc1sc(N(CCC)C2CC2)nc1C1CC1. The van der Waals surface area contributed by atoms with E-state index in [2.05, 4.69) is 24.1 Å². The topological polar surface area (TPSA) is 28.2 Å². The second kappa shape index (κ2) is 6.44. The average molecular weight is 293 g/mol. The van der Waals surface area contributed by atoms with Crippen molar-refractivity contribution in [3.05, 3.63) is 10.6 Å². The van der Waals surface area contributed by atoms with Crippen molar-refractivity contribution in [1.82, 2.24) is 10.3 Å². The molecule has 0 amide bonds. The van der Waals surface area contributed by atoms with E-state index in [1.807, 2.05) is 11.3 Å². The van der Waals surface area contributed by atoms with Gasteiger partial charge in [-0.3, -0.25) is 0 Å². The Morgan fingerprint density at radius 1 is 1.20 bits per heavy atom. The molecule has 3 nitrogen and oxygen atoms in total. The molecular weight excluding hydrogens is 266 g/mol. The van der Waals surface area contributed by atoms with Crippen molar-refractivity contribution in [3.8, 4) is 0 Å². The Morgan fingerprint density at radius 2 is 2.00 bits per heavy atom. The van der Waals surface area contributed by atoms with Gasteiger partial charge in [-0.05, 0) is 45.1 Å². The molecule has 1 aromatic heterocycles. The van der Waals surface area contributed by atoms with Gasteiger partial charge in [-0.1, -0.05) is 13.8 Å². The second-order valence-electron chi connectivity index (χ2n) is 6.18. The van der Waals surface area contributed by atoms with Gasteiger partial charge in [0, 0.05) is 29.9 Å². The molecule has 0 aliphatic heterocycles. The molecule has 1 aromatic rings. The number of nitrogens with zero attached hydrogens (tertiary/aromatic N) is 2. The van der Waals surface area contributed by atoms with E-state index in [4.69, 9.17) is 4.98 Å². The predicted octanol–water partition coefficient (Wildman–Crippen LogP) is 3.90. The third-order valence-electron chi connectivity index (χ3n) is 4.09. The zero-order valence-electron chi connectivity index (χ0n) is 12.8. The molecule has 0 bridgehead atoms. The van der Waals surface area contributed by atoms with Crippen molar-refractivity contribution in [3.63, 3.8) is 0 Å². The molecule has 0 aromatic carbocycles. The minimum atomic E-state index is 0.765. The van der Waals surface area contributed by atoms with Crippen LogP contribution in [-0.4, -0.2) is 24.1 Å². The Kier molecular flexibility index (Phi) is 4.61. The smallest absolute Gasteiger partial charge is 0.186 e. The van der Waals surface area contributed by atoms with Gasteiger partial charge < -0.3 is 10.2 Å². The van der Waals surface area contributed by atoms with Crippen LogP contribution in [0.25, 0.3) is 0 Å². The van der Waals surface area contributed by atoms with Crippen LogP contribution in [0.2, 0.25) is 0 Å². The van der Waals surface area contributed by atoms with Gasteiger partial charge in [0.25, 0.3) is 0 Å². The number of rotatable bonds is 9. The normalized spacial score (nSPS) is 18.5. The molecule has 2 aliphatic carbocycles. The van der Waals surface area contributed by atoms with Crippen LogP contribution in [-0.2, 0) is 6.54 Å². The average Bonchev–Trinajstić information content (AvgIpc) is 3.34. The molecule has 0 saturated heterocycles. The maximum absolute atomic E-state index is 5.04. The molecule has 112 valence electrons. The first-order valence-corrected chi connectivity index (χ1v) is 9.12. The van der Waals surface area contributed by atoms with Crippen LogP contribution in [0.5, 0.6) is 0 Å². The number of thiazole rings is 1. The first kappa shape index (κ1) is 14.3. The lowest BCUT2D eigenvalue weighted by Gasteiger charge is -2.20. The monoisotopic (exact) mass is 293 g/mol. The summed E-state index contributed by atoms with van der Waals surface area (Å²) in [6.07, 6.45) is 7.85. The lowest BCUT2D eigenvalue weighted by atomic mass is 10.2. The van der Waals surface area contributed by atoms with Crippen molar-refractivity contribution in [2.24, 2.45) is 0 Å². The van der Waals surface area contributed by atoms with Crippen molar-refractivity contribution in [1.29, 1.82) is 0 Å². The highest BCUT2D eigenvalue weighted by Gasteiger charge is 2.34. The minimum Gasteiger partial charge on any atom is -0.345 e. The maximum atomic E-state index is 5.04. The molecule has 1 heterocycles. The van der Waals surface area contributed by atoms with E-state index < -0.39 is 0 Å². The Balaban J connectivity index is 1.74. The fraction of sp³-hybridized carbons (Fsp3) is 0.812. The van der Waals surface area contributed by atoms with Crippen LogP contribution in [0.15, 0.2) is 0 Å². The van der Waals surface area contributed by atoms with Crippen molar-refractivity contribution in [2.75, 3.05) is 18.0 Å².